The summed E-state index contributed by atoms with van der Waals surface area (Å²) in [6.07, 6.45) is -3.56. The number of hydrogen-bond acceptors (Lipinski definition) is 3. The van der Waals surface area contributed by atoms with Crippen LogP contribution in [0, 0.1) is 0 Å². The van der Waals surface area contributed by atoms with Gasteiger partial charge in [0.05, 0.1) is 0 Å². The smallest absolute Gasteiger partial charge is 0.405 e. The summed E-state index contributed by atoms with van der Waals surface area (Å²) in [4.78, 5) is 7.36. The molecule has 1 aromatic heterocycles. The molecular weight excluding hydrogens is 304 g/mol. The highest BCUT2D eigenvalue weighted by molar-refractivity contribution is 6.33. The predicted octanol–water partition coefficient (Wildman–Crippen LogP) is 4.35. The van der Waals surface area contributed by atoms with Crippen molar-refractivity contribution in [1.82, 2.24) is 9.97 Å². The standard InChI is InChI=1S/C11H5Cl2F3N2O/c12-9-7(5-17-10(13)18-9)6-3-1-2-4-8(6)19-11(14,15)16/h1-5H. The van der Waals surface area contributed by atoms with Crippen LogP contribution < -0.4 is 4.74 Å². The molecule has 2 aromatic rings. The molecule has 0 fully saturated rings. The van der Waals surface area contributed by atoms with Crippen LogP contribution in [-0.4, -0.2) is 16.3 Å². The first-order valence-electron chi connectivity index (χ1n) is 4.90. The Morgan fingerprint density at radius 3 is 2.37 bits per heavy atom. The molecule has 0 unspecified atom stereocenters. The average molecular weight is 309 g/mol. The van der Waals surface area contributed by atoms with Crippen molar-refractivity contribution in [3.63, 3.8) is 0 Å². The molecule has 0 spiro atoms. The Bertz CT molecular complexity index is 605. The van der Waals surface area contributed by atoms with Gasteiger partial charge in [-0.25, -0.2) is 9.97 Å². The van der Waals surface area contributed by atoms with E-state index in [0.29, 0.717) is 0 Å². The minimum Gasteiger partial charge on any atom is -0.405 e. The third-order valence-electron chi connectivity index (χ3n) is 2.12. The summed E-state index contributed by atoms with van der Waals surface area (Å²) in [7, 11) is 0. The number of halogens is 5. The van der Waals surface area contributed by atoms with Crippen molar-refractivity contribution < 1.29 is 17.9 Å². The summed E-state index contributed by atoms with van der Waals surface area (Å²) >= 11 is 11.4. The maximum absolute atomic E-state index is 12.3. The van der Waals surface area contributed by atoms with Gasteiger partial charge < -0.3 is 4.74 Å². The lowest BCUT2D eigenvalue weighted by atomic mass is 10.1. The zero-order valence-electron chi connectivity index (χ0n) is 9.08. The minimum absolute atomic E-state index is 0.0572. The third kappa shape index (κ3) is 3.48. The van der Waals surface area contributed by atoms with Crippen LogP contribution in [0.3, 0.4) is 0 Å². The van der Waals surface area contributed by atoms with Gasteiger partial charge in [0.15, 0.2) is 0 Å². The second kappa shape index (κ2) is 5.22. The zero-order valence-corrected chi connectivity index (χ0v) is 10.6. The first-order valence-corrected chi connectivity index (χ1v) is 5.65. The van der Waals surface area contributed by atoms with E-state index in [0.717, 1.165) is 0 Å². The zero-order chi connectivity index (χ0) is 14.0. The summed E-state index contributed by atoms with van der Waals surface area (Å²) in [5.41, 5.74) is 0.326. The van der Waals surface area contributed by atoms with Crippen LogP contribution in [0.5, 0.6) is 5.75 Å². The van der Waals surface area contributed by atoms with Gasteiger partial charge in [-0.3, -0.25) is 0 Å². The maximum atomic E-state index is 12.3. The second-order valence-electron chi connectivity index (χ2n) is 3.39. The number of para-hydroxylation sites is 1. The minimum atomic E-state index is -4.80. The van der Waals surface area contributed by atoms with Gasteiger partial charge in [-0.2, -0.15) is 0 Å². The molecule has 0 bridgehead atoms. The normalized spacial score (nSPS) is 11.4. The molecule has 1 heterocycles. The molecule has 0 aliphatic carbocycles. The highest BCUT2D eigenvalue weighted by atomic mass is 35.5. The first-order chi connectivity index (χ1) is 8.87. The van der Waals surface area contributed by atoms with Crippen molar-refractivity contribution in [3.05, 3.63) is 40.9 Å². The number of nitrogens with zero attached hydrogens (tertiary/aromatic N) is 2. The van der Waals surface area contributed by atoms with Crippen LogP contribution in [0.1, 0.15) is 0 Å². The molecule has 3 nitrogen and oxygen atoms in total. The summed E-state index contributed by atoms with van der Waals surface area (Å²) < 4.78 is 40.8. The fourth-order valence-electron chi connectivity index (χ4n) is 1.42. The SMILES string of the molecule is FC(F)(F)Oc1ccccc1-c1cnc(Cl)nc1Cl. The van der Waals surface area contributed by atoms with E-state index in [9.17, 15) is 13.2 Å². The molecule has 0 amide bonds. The molecule has 8 heteroatoms. The fourth-order valence-corrected chi connectivity index (χ4v) is 1.83. The summed E-state index contributed by atoms with van der Waals surface area (Å²) in [6.45, 7) is 0. The van der Waals surface area contributed by atoms with Gasteiger partial charge in [-0.05, 0) is 17.7 Å². The van der Waals surface area contributed by atoms with Crippen LogP contribution in [0.4, 0.5) is 13.2 Å². The van der Waals surface area contributed by atoms with Gasteiger partial charge >= 0.3 is 6.36 Å². The highest BCUT2D eigenvalue weighted by Gasteiger charge is 2.32. The van der Waals surface area contributed by atoms with Crippen molar-refractivity contribution in [3.8, 4) is 16.9 Å². The van der Waals surface area contributed by atoms with E-state index in [1.807, 2.05) is 0 Å². The second-order valence-corrected chi connectivity index (χ2v) is 4.08. The van der Waals surface area contributed by atoms with E-state index in [-0.39, 0.29) is 27.3 Å². The Morgan fingerprint density at radius 2 is 1.74 bits per heavy atom. The molecule has 0 saturated carbocycles. The van der Waals surface area contributed by atoms with Gasteiger partial charge in [0, 0.05) is 17.3 Å². The van der Waals surface area contributed by atoms with E-state index in [2.05, 4.69) is 14.7 Å². The van der Waals surface area contributed by atoms with E-state index in [1.54, 1.807) is 6.07 Å². The van der Waals surface area contributed by atoms with Gasteiger partial charge in [0.2, 0.25) is 5.28 Å². The Morgan fingerprint density at radius 1 is 1.05 bits per heavy atom. The van der Waals surface area contributed by atoms with E-state index < -0.39 is 6.36 Å². The quantitative estimate of drug-likeness (QED) is 0.611. The fraction of sp³-hybridized carbons (Fsp3) is 0.0909. The van der Waals surface area contributed by atoms with Crippen molar-refractivity contribution in [1.29, 1.82) is 0 Å². The molecule has 0 atom stereocenters. The molecule has 0 radical (unpaired) electrons. The van der Waals surface area contributed by atoms with Crippen LogP contribution >= 0.6 is 23.2 Å². The van der Waals surface area contributed by atoms with Gasteiger partial charge in [-0.1, -0.05) is 29.8 Å². The third-order valence-corrected chi connectivity index (χ3v) is 2.59. The van der Waals surface area contributed by atoms with Gasteiger partial charge in [0.1, 0.15) is 10.9 Å². The number of aromatic nitrogens is 2. The maximum Gasteiger partial charge on any atom is 0.573 e. The van der Waals surface area contributed by atoms with E-state index in [4.69, 9.17) is 23.2 Å². The largest absolute Gasteiger partial charge is 0.573 e. The number of ether oxygens (including phenoxy) is 1. The van der Waals surface area contributed by atoms with Crippen molar-refractivity contribution >= 4 is 23.2 Å². The molecule has 2 rings (SSSR count). The van der Waals surface area contributed by atoms with Crippen LogP contribution in [0.2, 0.25) is 10.4 Å². The predicted molar refractivity (Wildman–Crippen MR) is 64.2 cm³/mol. The summed E-state index contributed by atoms with van der Waals surface area (Å²) in [5.74, 6) is -0.386. The van der Waals surface area contributed by atoms with E-state index >= 15 is 0 Å². The van der Waals surface area contributed by atoms with Crippen molar-refractivity contribution in [2.24, 2.45) is 0 Å². The monoisotopic (exact) mass is 308 g/mol. The average Bonchev–Trinajstić information content (AvgIpc) is 2.28. The lowest BCUT2D eigenvalue weighted by Crippen LogP contribution is -2.17. The van der Waals surface area contributed by atoms with Crippen molar-refractivity contribution in [2.45, 2.75) is 6.36 Å². The molecule has 19 heavy (non-hydrogen) atoms. The molecule has 100 valence electrons. The molecule has 0 saturated heterocycles. The Labute approximate surface area is 116 Å². The molecular formula is C11H5Cl2F3N2O. The summed E-state index contributed by atoms with van der Waals surface area (Å²) in [6, 6.07) is 5.55. The highest BCUT2D eigenvalue weighted by Crippen LogP contribution is 2.36. The Hall–Kier alpha value is -1.53. The number of hydrogen-bond donors (Lipinski definition) is 0. The Kier molecular flexibility index (Phi) is 3.82. The summed E-state index contributed by atoms with van der Waals surface area (Å²) in [5, 5.41) is -0.152. The number of alkyl halides is 3. The Balaban J connectivity index is 2.50. The molecule has 0 N–H and O–H groups in total. The molecule has 1 aromatic carbocycles. The van der Waals surface area contributed by atoms with Crippen LogP contribution in [-0.2, 0) is 0 Å². The molecule has 0 aliphatic heterocycles. The molecule has 0 aliphatic rings. The first kappa shape index (κ1) is 13.9. The lowest BCUT2D eigenvalue weighted by molar-refractivity contribution is -0.274. The topological polar surface area (TPSA) is 35.0 Å². The van der Waals surface area contributed by atoms with Crippen molar-refractivity contribution in [2.75, 3.05) is 0 Å². The number of benzene rings is 1. The number of rotatable bonds is 2. The van der Waals surface area contributed by atoms with Gasteiger partial charge in [-0.15, -0.1) is 13.2 Å². The van der Waals surface area contributed by atoms with E-state index in [1.165, 1.54) is 24.4 Å². The van der Waals surface area contributed by atoms with Crippen LogP contribution in [0.15, 0.2) is 30.5 Å². The van der Waals surface area contributed by atoms with Crippen LogP contribution in [0.25, 0.3) is 11.1 Å². The van der Waals surface area contributed by atoms with Gasteiger partial charge in [0.25, 0.3) is 0 Å². The lowest BCUT2D eigenvalue weighted by Gasteiger charge is -2.13.